The van der Waals surface area contributed by atoms with Crippen LogP contribution in [0.4, 0.5) is 0 Å². The fourth-order valence-electron chi connectivity index (χ4n) is 2.87. The summed E-state index contributed by atoms with van der Waals surface area (Å²) in [5.74, 6) is 0. The molecule has 1 aliphatic carbocycles. The second-order valence-corrected chi connectivity index (χ2v) is 5.85. The minimum absolute atomic E-state index is 0.221. The molecule has 6 heteroatoms. The standard InChI is InChI=1S/C17H13ClN4O/c18-14-3-4-15-13(14)6-10(8-20-15)9-1-2-11-12(5-9)16(7-19)21-22-17(11)23/h1-3,5-6,8H,4,7,19H2,(H,22,23). The number of aromatic nitrogens is 3. The van der Waals surface area contributed by atoms with Crippen molar-refractivity contribution in [2.45, 2.75) is 13.0 Å². The molecule has 0 unspecified atom stereocenters. The van der Waals surface area contributed by atoms with E-state index in [4.69, 9.17) is 17.3 Å². The number of pyridine rings is 1. The van der Waals surface area contributed by atoms with Gasteiger partial charge in [0.15, 0.2) is 0 Å². The van der Waals surface area contributed by atoms with E-state index in [1.54, 1.807) is 6.07 Å². The number of hydrogen-bond acceptors (Lipinski definition) is 4. The van der Waals surface area contributed by atoms with Gasteiger partial charge in [-0.15, -0.1) is 0 Å². The first-order chi connectivity index (χ1) is 11.2. The summed E-state index contributed by atoms with van der Waals surface area (Å²) in [5.41, 5.74) is 10.0. The van der Waals surface area contributed by atoms with Crippen molar-refractivity contribution in [3.8, 4) is 11.1 Å². The highest BCUT2D eigenvalue weighted by atomic mass is 35.5. The van der Waals surface area contributed by atoms with E-state index in [9.17, 15) is 4.79 Å². The number of nitrogens with one attached hydrogen (secondary N) is 1. The molecule has 1 aliphatic rings. The number of fused-ring (bicyclic) bond motifs is 2. The Morgan fingerprint density at radius 1 is 1.22 bits per heavy atom. The van der Waals surface area contributed by atoms with Crippen molar-refractivity contribution in [3.63, 3.8) is 0 Å². The maximum absolute atomic E-state index is 11.9. The maximum Gasteiger partial charge on any atom is 0.272 e. The third-order valence-corrected chi connectivity index (χ3v) is 4.45. The number of nitrogens with two attached hydrogens (primary N) is 1. The molecule has 23 heavy (non-hydrogen) atoms. The number of benzene rings is 1. The summed E-state index contributed by atoms with van der Waals surface area (Å²) < 4.78 is 0. The Bertz CT molecular complexity index is 1020. The van der Waals surface area contributed by atoms with Crippen LogP contribution in [0.5, 0.6) is 0 Å². The van der Waals surface area contributed by atoms with Gasteiger partial charge in [0.1, 0.15) is 0 Å². The summed E-state index contributed by atoms with van der Waals surface area (Å²) in [6, 6.07) is 7.64. The van der Waals surface area contributed by atoms with Gasteiger partial charge in [-0.1, -0.05) is 23.7 Å². The zero-order valence-electron chi connectivity index (χ0n) is 12.1. The van der Waals surface area contributed by atoms with Gasteiger partial charge in [-0.2, -0.15) is 5.10 Å². The Morgan fingerprint density at radius 3 is 2.91 bits per heavy atom. The first-order valence-electron chi connectivity index (χ1n) is 7.24. The van der Waals surface area contributed by atoms with Crippen molar-refractivity contribution in [2.24, 2.45) is 5.73 Å². The summed E-state index contributed by atoms with van der Waals surface area (Å²) in [5, 5.41) is 8.56. The van der Waals surface area contributed by atoms with E-state index in [0.717, 1.165) is 39.2 Å². The summed E-state index contributed by atoms with van der Waals surface area (Å²) in [7, 11) is 0. The molecule has 0 aliphatic heterocycles. The highest BCUT2D eigenvalue weighted by Crippen LogP contribution is 2.33. The second kappa shape index (κ2) is 5.30. The van der Waals surface area contributed by atoms with Gasteiger partial charge in [0, 0.05) is 40.7 Å². The normalized spacial score (nSPS) is 13.2. The number of halogens is 1. The lowest BCUT2D eigenvalue weighted by molar-refractivity contribution is 0.900. The van der Waals surface area contributed by atoms with Crippen LogP contribution in [-0.2, 0) is 13.0 Å². The molecule has 0 spiro atoms. The average molecular weight is 325 g/mol. The Labute approximate surface area is 136 Å². The molecule has 5 nitrogen and oxygen atoms in total. The molecule has 3 aromatic rings. The molecular formula is C17H13ClN4O. The van der Waals surface area contributed by atoms with Gasteiger partial charge in [0.2, 0.25) is 0 Å². The largest absolute Gasteiger partial charge is 0.325 e. The SMILES string of the molecule is NCc1n[nH]c(=O)c2ccc(-c3cnc4c(c3)C(Cl)=CC4)cc12. The van der Waals surface area contributed by atoms with Crippen LogP contribution >= 0.6 is 11.6 Å². The topological polar surface area (TPSA) is 84.7 Å². The van der Waals surface area contributed by atoms with Crippen molar-refractivity contribution < 1.29 is 0 Å². The first-order valence-corrected chi connectivity index (χ1v) is 7.62. The van der Waals surface area contributed by atoms with Crippen LogP contribution in [0.25, 0.3) is 26.9 Å². The molecule has 0 radical (unpaired) electrons. The van der Waals surface area contributed by atoms with Crippen LogP contribution in [0, 0.1) is 0 Å². The van der Waals surface area contributed by atoms with Gasteiger partial charge < -0.3 is 5.73 Å². The van der Waals surface area contributed by atoms with Crippen LogP contribution in [-0.4, -0.2) is 15.2 Å². The fraction of sp³-hybridized carbons (Fsp3) is 0.118. The Kier molecular flexibility index (Phi) is 3.25. The van der Waals surface area contributed by atoms with Crippen molar-refractivity contribution in [1.82, 2.24) is 15.2 Å². The lowest BCUT2D eigenvalue weighted by atomic mass is 10.0. The van der Waals surface area contributed by atoms with Gasteiger partial charge in [0.05, 0.1) is 16.8 Å². The molecule has 0 atom stereocenters. The second-order valence-electron chi connectivity index (χ2n) is 5.44. The molecule has 0 saturated heterocycles. The molecule has 2 aromatic heterocycles. The number of aromatic amines is 1. The van der Waals surface area contributed by atoms with Crippen LogP contribution < -0.4 is 11.3 Å². The molecule has 2 heterocycles. The predicted molar refractivity (Wildman–Crippen MR) is 91.0 cm³/mol. The number of rotatable bonds is 2. The lowest BCUT2D eigenvalue weighted by Crippen LogP contribution is -2.13. The van der Waals surface area contributed by atoms with Crippen LogP contribution in [0.3, 0.4) is 0 Å². The molecule has 4 rings (SSSR count). The first kappa shape index (κ1) is 14.1. The summed E-state index contributed by atoms with van der Waals surface area (Å²) in [6.45, 7) is 0.258. The van der Waals surface area contributed by atoms with Crippen molar-refractivity contribution >= 4 is 27.4 Å². The molecule has 0 bridgehead atoms. The molecular weight excluding hydrogens is 312 g/mol. The predicted octanol–water partition coefficient (Wildman–Crippen LogP) is 2.58. The zero-order valence-corrected chi connectivity index (χ0v) is 12.9. The number of allylic oxidation sites excluding steroid dienone is 1. The monoisotopic (exact) mass is 324 g/mol. The molecule has 0 saturated carbocycles. The van der Waals surface area contributed by atoms with Crippen LogP contribution in [0.1, 0.15) is 17.0 Å². The maximum atomic E-state index is 11.9. The van der Waals surface area contributed by atoms with Crippen LogP contribution in [0.15, 0.2) is 41.3 Å². The van der Waals surface area contributed by atoms with Crippen molar-refractivity contribution in [1.29, 1.82) is 0 Å². The zero-order chi connectivity index (χ0) is 16.0. The number of hydrogen-bond donors (Lipinski definition) is 2. The van der Waals surface area contributed by atoms with E-state index in [1.807, 2.05) is 30.5 Å². The van der Waals surface area contributed by atoms with Gasteiger partial charge in [0.25, 0.3) is 5.56 Å². The fourth-order valence-corrected chi connectivity index (χ4v) is 3.11. The Balaban J connectivity index is 1.92. The average Bonchev–Trinajstić information content (AvgIpc) is 2.96. The summed E-state index contributed by atoms with van der Waals surface area (Å²) in [6.07, 6.45) is 4.55. The number of nitrogens with zero attached hydrogens (tertiary/aromatic N) is 2. The smallest absolute Gasteiger partial charge is 0.272 e. The minimum Gasteiger partial charge on any atom is -0.325 e. The van der Waals surface area contributed by atoms with Gasteiger partial charge in [-0.05, 0) is 23.8 Å². The Morgan fingerprint density at radius 2 is 2.09 bits per heavy atom. The molecule has 1 aromatic carbocycles. The van der Waals surface area contributed by atoms with E-state index >= 15 is 0 Å². The van der Waals surface area contributed by atoms with Gasteiger partial charge in [-0.25, -0.2) is 5.10 Å². The van der Waals surface area contributed by atoms with E-state index < -0.39 is 0 Å². The summed E-state index contributed by atoms with van der Waals surface area (Å²) >= 11 is 6.21. The highest BCUT2D eigenvalue weighted by Gasteiger charge is 2.15. The third-order valence-electron chi connectivity index (χ3n) is 4.10. The highest BCUT2D eigenvalue weighted by molar-refractivity contribution is 6.49. The summed E-state index contributed by atoms with van der Waals surface area (Å²) in [4.78, 5) is 16.4. The molecule has 114 valence electrons. The van der Waals surface area contributed by atoms with Crippen molar-refractivity contribution in [2.75, 3.05) is 0 Å². The van der Waals surface area contributed by atoms with E-state index in [-0.39, 0.29) is 12.1 Å². The van der Waals surface area contributed by atoms with E-state index in [0.29, 0.717) is 11.1 Å². The van der Waals surface area contributed by atoms with Crippen molar-refractivity contribution in [3.05, 3.63) is 63.8 Å². The van der Waals surface area contributed by atoms with Crippen LogP contribution in [0.2, 0.25) is 0 Å². The third kappa shape index (κ3) is 2.25. The van der Waals surface area contributed by atoms with E-state index in [1.165, 1.54) is 0 Å². The minimum atomic E-state index is -0.221. The molecule has 3 N–H and O–H groups in total. The van der Waals surface area contributed by atoms with E-state index in [2.05, 4.69) is 15.2 Å². The quantitative estimate of drug-likeness (QED) is 0.758. The molecule has 0 amide bonds. The van der Waals surface area contributed by atoms with Gasteiger partial charge in [-0.3, -0.25) is 9.78 Å². The number of H-pyrrole nitrogens is 1. The van der Waals surface area contributed by atoms with Gasteiger partial charge >= 0.3 is 0 Å². The molecule has 0 fully saturated rings. The Hall–Kier alpha value is -2.50. The lowest BCUT2D eigenvalue weighted by Gasteiger charge is -2.08.